The third-order valence-corrected chi connectivity index (χ3v) is 6.93. The number of piperidine rings is 1. The van der Waals surface area contributed by atoms with E-state index in [1.165, 1.54) is 12.8 Å². The molecule has 0 spiro atoms. The molecule has 1 atom stereocenters. The average Bonchev–Trinajstić information content (AvgIpc) is 3.18. The maximum Gasteiger partial charge on any atom is 0.183 e. The number of halogens is 3. The van der Waals surface area contributed by atoms with Gasteiger partial charge in [0, 0.05) is 13.1 Å². The number of para-hydroxylation sites is 3. The summed E-state index contributed by atoms with van der Waals surface area (Å²) < 4.78 is 13.1. The zero-order valence-corrected chi connectivity index (χ0v) is 22.0. The van der Waals surface area contributed by atoms with Crippen LogP contribution in [0.3, 0.4) is 0 Å². The lowest BCUT2D eigenvalue weighted by Gasteiger charge is -2.35. The number of hydrogen-bond donors (Lipinski definition) is 1. The van der Waals surface area contributed by atoms with E-state index in [0.717, 1.165) is 58.0 Å². The van der Waals surface area contributed by atoms with Crippen LogP contribution in [0.5, 0.6) is 11.5 Å². The van der Waals surface area contributed by atoms with Gasteiger partial charge in [-0.3, -0.25) is 4.90 Å². The Bertz CT molecular complexity index is 998. The molecule has 5 nitrogen and oxygen atoms in total. The van der Waals surface area contributed by atoms with Gasteiger partial charge in [0.05, 0.1) is 9.72 Å². The summed E-state index contributed by atoms with van der Waals surface area (Å²) in [7, 11) is 0. The summed E-state index contributed by atoms with van der Waals surface area (Å²) in [5.74, 6) is 2.38. The summed E-state index contributed by atoms with van der Waals surface area (Å²) in [5.41, 5.74) is 0.896. The molecule has 5 rings (SSSR count). The van der Waals surface area contributed by atoms with Gasteiger partial charge in [-0.15, -0.1) is 34.0 Å². The molecule has 1 unspecified atom stereocenters. The normalized spacial score (nSPS) is 18.8. The molecule has 0 amide bonds. The second-order valence-corrected chi connectivity index (χ2v) is 9.17. The van der Waals surface area contributed by atoms with Crippen molar-refractivity contribution in [2.24, 2.45) is 5.92 Å². The molecule has 2 aliphatic rings. The Balaban J connectivity index is 0.00000136. The number of nitrogens with one attached hydrogen (secondary N) is 1. The number of fused-ring (bicyclic) bond motifs is 2. The Morgan fingerprint density at radius 2 is 1.84 bits per heavy atom. The van der Waals surface area contributed by atoms with E-state index in [4.69, 9.17) is 21.1 Å². The Kier molecular flexibility index (Phi) is 8.87. The van der Waals surface area contributed by atoms with Gasteiger partial charge < -0.3 is 14.8 Å². The molecule has 2 aromatic carbocycles. The van der Waals surface area contributed by atoms with Crippen LogP contribution in [-0.2, 0) is 0 Å². The lowest BCUT2D eigenvalue weighted by atomic mass is 9.96. The number of ether oxygens (including phenoxy) is 2. The first-order valence-electron chi connectivity index (χ1n) is 10.1. The third-order valence-electron chi connectivity index (χ3n) is 5.65. The highest BCUT2D eigenvalue weighted by Gasteiger charge is 2.26. The lowest BCUT2D eigenvalue weighted by molar-refractivity contribution is 0.0485. The zero-order valence-electron chi connectivity index (χ0n) is 17.0. The number of likely N-dealkylation sites (tertiary alicyclic amines) is 1. The van der Waals surface area contributed by atoms with Gasteiger partial charge in [-0.25, -0.2) is 4.98 Å². The van der Waals surface area contributed by atoms with E-state index >= 15 is 0 Å². The monoisotopic (exact) mass is 589 g/mol. The van der Waals surface area contributed by atoms with Crippen molar-refractivity contribution in [2.75, 3.05) is 38.1 Å². The fourth-order valence-corrected chi connectivity index (χ4v) is 5.21. The van der Waals surface area contributed by atoms with Crippen molar-refractivity contribution >= 4 is 72.2 Å². The molecule has 168 valence electrons. The van der Waals surface area contributed by atoms with Crippen LogP contribution < -0.4 is 14.8 Å². The molecule has 1 fully saturated rings. The van der Waals surface area contributed by atoms with E-state index in [0.29, 0.717) is 12.5 Å². The van der Waals surface area contributed by atoms with Gasteiger partial charge in [-0.2, -0.15) is 0 Å². The van der Waals surface area contributed by atoms with Crippen molar-refractivity contribution < 1.29 is 9.47 Å². The summed E-state index contributed by atoms with van der Waals surface area (Å²) in [6, 6.07) is 13.8. The van der Waals surface area contributed by atoms with Gasteiger partial charge >= 0.3 is 0 Å². The summed E-state index contributed by atoms with van der Waals surface area (Å²) in [4.78, 5) is 7.14. The minimum Gasteiger partial charge on any atom is -0.486 e. The van der Waals surface area contributed by atoms with E-state index in [2.05, 4.69) is 21.3 Å². The first-order chi connectivity index (χ1) is 14.2. The molecule has 3 heterocycles. The molecule has 2 aliphatic heterocycles. The molecular weight excluding hydrogens is 566 g/mol. The molecule has 0 bridgehead atoms. The maximum atomic E-state index is 6.23. The van der Waals surface area contributed by atoms with Crippen LogP contribution in [0.1, 0.15) is 12.8 Å². The van der Waals surface area contributed by atoms with Crippen LogP contribution in [0, 0.1) is 5.92 Å². The number of nitrogens with zero attached hydrogens (tertiary/aromatic N) is 2. The van der Waals surface area contributed by atoms with Crippen molar-refractivity contribution in [2.45, 2.75) is 18.9 Å². The minimum atomic E-state index is 0. The van der Waals surface area contributed by atoms with Crippen LogP contribution in [0.15, 0.2) is 42.5 Å². The van der Waals surface area contributed by atoms with Gasteiger partial charge in [0.25, 0.3) is 0 Å². The van der Waals surface area contributed by atoms with Crippen molar-refractivity contribution in [3.8, 4) is 11.5 Å². The van der Waals surface area contributed by atoms with E-state index in [1.807, 2.05) is 36.4 Å². The van der Waals surface area contributed by atoms with Gasteiger partial charge in [0.1, 0.15) is 18.2 Å². The standard InChI is InChI=1S/C22H24ClN3O2S.2BrH/c23-17-4-3-7-20-21(17)25-22(29-20)24-12-15-8-10-26(11-9-15)13-16-14-27-18-5-1-2-6-19(18)28-16;;/h1-7,15-16H,8-14H2,(H,24,25);2*1H. The summed E-state index contributed by atoms with van der Waals surface area (Å²) in [6.07, 6.45) is 2.47. The van der Waals surface area contributed by atoms with Crippen LogP contribution in [0.25, 0.3) is 10.2 Å². The summed E-state index contributed by atoms with van der Waals surface area (Å²) >= 11 is 7.91. The van der Waals surface area contributed by atoms with Crippen LogP contribution in [0.2, 0.25) is 5.02 Å². The van der Waals surface area contributed by atoms with Crippen molar-refractivity contribution in [3.63, 3.8) is 0 Å². The second kappa shape index (κ2) is 11.2. The van der Waals surface area contributed by atoms with E-state index < -0.39 is 0 Å². The molecule has 31 heavy (non-hydrogen) atoms. The Hall–Kier alpha value is -1.06. The second-order valence-electron chi connectivity index (χ2n) is 7.73. The molecule has 0 aliphatic carbocycles. The van der Waals surface area contributed by atoms with Gasteiger partial charge in [-0.1, -0.05) is 41.1 Å². The molecule has 1 aromatic heterocycles. The van der Waals surface area contributed by atoms with Crippen molar-refractivity contribution in [1.82, 2.24) is 9.88 Å². The van der Waals surface area contributed by atoms with E-state index in [-0.39, 0.29) is 40.1 Å². The van der Waals surface area contributed by atoms with Crippen LogP contribution in [0.4, 0.5) is 5.13 Å². The number of aromatic nitrogens is 1. The van der Waals surface area contributed by atoms with Crippen molar-refractivity contribution in [1.29, 1.82) is 0 Å². The molecule has 9 heteroatoms. The van der Waals surface area contributed by atoms with E-state index in [9.17, 15) is 0 Å². The quantitative estimate of drug-likeness (QED) is 0.390. The number of anilines is 1. The molecule has 3 aromatic rings. The third kappa shape index (κ3) is 5.85. The van der Waals surface area contributed by atoms with Crippen molar-refractivity contribution in [3.05, 3.63) is 47.5 Å². The number of hydrogen-bond acceptors (Lipinski definition) is 6. The zero-order chi connectivity index (χ0) is 19.6. The number of benzene rings is 2. The largest absolute Gasteiger partial charge is 0.486 e. The minimum absolute atomic E-state index is 0. The predicted octanol–water partition coefficient (Wildman–Crippen LogP) is 6.07. The number of rotatable bonds is 5. The molecule has 1 saturated heterocycles. The fourth-order valence-electron chi connectivity index (χ4n) is 4.04. The SMILES string of the molecule is Br.Br.Clc1cccc2sc(NCC3CCN(CC4COc5ccccc5O4)CC3)nc12. The molecule has 0 radical (unpaired) electrons. The highest BCUT2D eigenvalue weighted by Crippen LogP contribution is 2.32. The average molecular weight is 592 g/mol. The predicted molar refractivity (Wildman–Crippen MR) is 139 cm³/mol. The van der Waals surface area contributed by atoms with Gasteiger partial charge in [0.2, 0.25) is 0 Å². The van der Waals surface area contributed by atoms with Gasteiger partial charge in [-0.05, 0) is 56.1 Å². The van der Waals surface area contributed by atoms with Gasteiger partial charge in [0.15, 0.2) is 16.6 Å². The highest BCUT2D eigenvalue weighted by molar-refractivity contribution is 8.93. The number of thiazole rings is 1. The Morgan fingerprint density at radius 3 is 2.61 bits per heavy atom. The Morgan fingerprint density at radius 1 is 1.06 bits per heavy atom. The molecular formula is C22H26Br2ClN3O2S. The maximum absolute atomic E-state index is 6.23. The molecule has 0 saturated carbocycles. The lowest BCUT2D eigenvalue weighted by Crippen LogP contribution is -2.44. The smallest absolute Gasteiger partial charge is 0.183 e. The Labute approximate surface area is 212 Å². The fraction of sp³-hybridized carbons (Fsp3) is 0.409. The summed E-state index contributed by atoms with van der Waals surface area (Å²) in [5, 5.41) is 5.20. The summed E-state index contributed by atoms with van der Waals surface area (Å²) in [6.45, 7) is 4.70. The van der Waals surface area contributed by atoms with E-state index in [1.54, 1.807) is 11.3 Å². The highest BCUT2D eigenvalue weighted by atomic mass is 79.9. The van der Waals surface area contributed by atoms with Crippen LogP contribution >= 0.6 is 56.9 Å². The first kappa shape index (κ1) is 24.6. The van der Waals surface area contributed by atoms with Crippen LogP contribution in [-0.4, -0.2) is 48.8 Å². The molecule has 1 N–H and O–H groups in total. The first-order valence-corrected chi connectivity index (χ1v) is 11.3. The topological polar surface area (TPSA) is 46.6 Å².